The Morgan fingerprint density at radius 1 is 0.762 bits per heavy atom. The van der Waals surface area contributed by atoms with E-state index >= 15 is 0 Å². The third-order valence-corrected chi connectivity index (χ3v) is 6.20. The van der Waals surface area contributed by atoms with E-state index in [1.165, 1.54) is 0 Å². The average molecular weight is 372 g/mol. The lowest BCUT2D eigenvalue weighted by Gasteiger charge is -2.30. The van der Waals surface area contributed by atoms with Gasteiger partial charge in [-0.05, 0) is 6.42 Å². The molecular formula is C6H15O12P3. The molecule has 126 valence electrons. The van der Waals surface area contributed by atoms with Crippen LogP contribution in [0.25, 0.3) is 0 Å². The number of hydrogen-bond donors (Lipinski definition) is 6. The Hall–Kier alpha value is 0.330. The minimum absolute atomic E-state index is 0.0380. The molecule has 0 radical (unpaired) electrons. The quantitative estimate of drug-likeness (QED) is 0.330. The van der Waals surface area contributed by atoms with E-state index in [0.717, 1.165) is 0 Å². The van der Waals surface area contributed by atoms with Crippen LogP contribution in [0.1, 0.15) is 19.3 Å². The fraction of sp³-hybridized carbons (Fsp3) is 1.00. The van der Waals surface area contributed by atoms with E-state index in [4.69, 9.17) is 14.7 Å². The number of phosphoric ester groups is 1. The number of aliphatic hydroxyl groups excluding tert-OH is 2. The van der Waals surface area contributed by atoms with Gasteiger partial charge in [-0.2, -0.15) is 8.62 Å². The van der Waals surface area contributed by atoms with Crippen molar-refractivity contribution in [2.45, 2.75) is 37.6 Å². The smallest absolute Gasteiger partial charge is 0.393 e. The summed E-state index contributed by atoms with van der Waals surface area (Å²) in [5.41, 5.74) is 0. The Labute approximate surface area is 118 Å². The van der Waals surface area contributed by atoms with Gasteiger partial charge in [0.15, 0.2) is 0 Å². The lowest BCUT2D eigenvalue weighted by atomic mass is 9.93. The lowest BCUT2D eigenvalue weighted by molar-refractivity contribution is -0.0233. The first kappa shape index (κ1) is 19.4. The molecule has 0 aromatic carbocycles. The van der Waals surface area contributed by atoms with Gasteiger partial charge in [-0.1, -0.05) is 0 Å². The van der Waals surface area contributed by atoms with Gasteiger partial charge < -0.3 is 29.8 Å². The van der Waals surface area contributed by atoms with E-state index in [1.54, 1.807) is 0 Å². The highest BCUT2D eigenvalue weighted by Crippen LogP contribution is 2.66. The summed E-state index contributed by atoms with van der Waals surface area (Å²) in [5.74, 6) is 0. The molecule has 21 heavy (non-hydrogen) atoms. The zero-order valence-electron chi connectivity index (χ0n) is 10.3. The van der Waals surface area contributed by atoms with Crippen LogP contribution in [-0.4, -0.2) is 48.1 Å². The van der Waals surface area contributed by atoms with Crippen molar-refractivity contribution < 1.29 is 56.6 Å². The zero-order chi connectivity index (χ0) is 16.5. The fourth-order valence-electron chi connectivity index (χ4n) is 1.78. The molecule has 1 aliphatic rings. The fourth-order valence-corrected chi connectivity index (χ4v) is 4.99. The molecule has 1 aliphatic carbocycles. The molecule has 15 heteroatoms. The number of phosphoric acid groups is 3. The molecule has 12 nitrogen and oxygen atoms in total. The summed E-state index contributed by atoms with van der Waals surface area (Å²) in [4.78, 5) is 34.9. The Balaban J connectivity index is 2.67. The summed E-state index contributed by atoms with van der Waals surface area (Å²) in [6.45, 7) is 0. The standard InChI is InChI=1S/C6H15O12P3/c7-4-1-5(8)3-6(2-4)16-20(12,13)18-21(14,15)17-19(9,10)11/h4-8H,1-3H2,(H,12,13)(H,14,15)(H2,9,10,11)/t4-,5+,6?. The minimum Gasteiger partial charge on any atom is -0.393 e. The first-order valence-electron chi connectivity index (χ1n) is 5.46. The van der Waals surface area contributed by atoms with Crippen molar-refractivity contribution in [3.8, 4) is 0 Å². The van der Waals surface area contributed by atoms with Crippen LogP contribution in [0.2, 0.25) is 0 Å². The van der Waals surface area contributed by atoms with E-state index in [0.29, 0.717) is 0 Å². The van der Waals surface area contributed by atoms with E-state index in [9.17, 15) is 28.8 Å². The van der Waals surface area contributed by atoms with Crippen molar-refractivity contribution in [2.75, 3.05) is 0 Å². The first-order chi connectivity index (χ1) is 9.28. The molecule has 6 N–H and O–H groups in total. The monoisotopic (exact) mass is 372 g/mol. The van der Waals surface area contributed by atoms with Crippen LogP contribution in [0, 0.1) is 0 Å². The van der Waals surface area contributed by atoms with Crippen LogP contribution >= 0.6 is 23.5 Å². The van der Waals surface area contributed by atoms with Crippen LogP contribution < -0.4 is 0 Å². The van der Waals surface area contributed by atoms with Gasteiger partial charge in [0.05, 0.1) is 18.3 Å². The van der Waals surface area contributed by atoms with Crippen LogP contribution in [0.4, 0.5) is 0 Å². The highest BCUT2D eigenvalue weighted by molar-refractivity contribution is 7.66. The molecule has 0 bridgehead atoms. The molecule has 0 aliphatic heterocycles. The molecular weight excluding hydrogens is 357 g/mol. The van der Waals surface area contributed by atoms with E-state index in [1.807, 2.05) is 0 Å². The molecule has 5 atom stereocenters. The molecule has 0 spiro atoms. The van der Waals surface area contributed by atoms with E-state index in [-0.39, 0.29) is 19.3 Å². The summed E-state index contributed by atoms with van der Waals surface area (Å²) < 4.78 is 44.5. The normalized spacial score (nSPS) is 33.1. The molecule has 0 aromatic rings. The van der Waals surface area contributed by atoms with Gasteiger partial charge in [0.2, 0.25) is 0 Å². The van der Waals surface area contributed by atoms with Crippen molar-refractivity contribution >= 4 is 23.5 Å². The van der Waals surface area contributed by atoms with Crippen LogP contribution in [0.3, 0.4) is 0 Å². The highest BCUT2D eigenvalue weighted by Gasteiger charge is 2.42. The van der Waals surface area contributed by atoms with Gasteiger partial charge in [0.25, 0.3) is 0 Å². The van der Waals surface area contributed by atoms with Gasteiger partial charge in [0, 0.05) is 12.8 Å². The topological polar surface area (TPSA) is 200 Å². The van der Waals surface area contributed by atoms with E-state index in [2.05, 4.69) is 13.1 Å². The van der Waals surface area contributed by atoms with Crippen LogP contribution in [-0.2, 0) is 26.8 Å². The summed E-state index contributed by atoms with van der Waals surface area (Å²) in [7, 11) is -16.2. The largest absolute Gasteiger partial charge is 0.490 e. The van der Waals surface area contributed by atoms with Crippen molar-refractivity contribution in [3.63, 3.8) is 0 Å². The molecule has 3 unspecified atom stereocenters. The maximum atomic E-state index is 11.5. The average Bonchev–Trinajstić information content (AvgIpc) is 2.06. The zero-order valence-corrected chi connectivity index (χ0v) is 13.0. The Morgan fingerprint density at radius 3 is 1.67 bits per heavy atom. The summed E-state index contributed by atoms with van der Waals surface area (Å²) in [6, 6.07) is 0. The van der Waals surface area contributed by atoms with Crippen LogP contribution in [0.5, 0.6) is 0 Å². The number of rotatable bonds is 6. The summed E-state index contributed by atoms with van der Waals surface area (Å²) >= 11 is 0. The Morgan fingerprint density at radius 2 is 1.24 bits per heavy atom. The lowest BCUT2D eigenvalue weighted by Crippen LogP contribution is -2.33. The molecule has 0 amide bonds. The molecule has 0 heterocycles. The SMILES string of the molecule is O=P(O)(O)OP(=O)(O)OP(=O)(O)OC1C[C@@H](O)C[C@@H](O)C1. The summed E-state index contributed by atoms with van der Waals surface area (Å²) in [5, 5.41) is 18.7. The first-order valence-corrected chi connectivity index (χ1v) is 9.98. The second-order valence-electron chi connectivity index (χ2n) is 4.33. The van der Waals surface area contributed by atoms with Gasteiger partial charge in [-0.25, -0.2) is 13.7 Å². The van der Waals surface area contributed by atoms with Crippen molar-refractivity contribution in [2.24, 2.45) is 0 Å². The third-order valence-electron chi connectivity index (χ3n) is 2.31. The predicted molar refractivity (Wildman–Crippen MR) is 64.6 cm³/mol. The highest BCUT2D eigenvalue weighted by atomic mass is 31.3. The van der Waals surface area contributed by atoms with Crippen LogP contribution in [0.15, 0.2) is 0 Å². The molecule has 0 saturated heterocycles. The van der Waals surface area contributed by atoms with Crippen molar-refractivity contribution in [1.82, 2.24) is 0 Å². The van der Waals surface area contributed by atoms with E-state index < -0.39 is 41.8 Å². The molecule has 1 fully saturated rings. The summed E-state index contributed by atoms with van der Waals surface area (Å²) in [6.07, 6.45) is -3.41. The van der Waals surface area contributed by atoms with Crippen molar-refractivity contribution in [3.05, 3.63) is 0 Å². The Bertz CT molecular complexity index is 489. The molecule has 0 aromatic heterocycles. The van der Waals surface area contributed by atoms with Gasteiger partial charge >= 0.3 is 23.5 Å². The minimum atomic E-state index is -5.56. The third kappa shape index (κ3) is 7.94. The Kier molecular flexibility index (Phi) is 6.31. The predicted octanol–water partition coefficient (Wildman–Crippen LogP) is -0.396. The second kappa shape index (κ2) is 6.84. The molecule has 1 rings (SSSR count). The molecule has 1 saturated carbocycles. The second-order valence-corrected chi connectivity index (χ2v) is 8.71. The van der Waals surface area contributed by atoms with Gasteiger partial charge in [-0.3, -0.25) is 4.52 Å². The van der Waals surface area contributed by atoms with Crippen molar-refractivity contribution in [1.29, 1.82) is 0 Å². The van der Waals surface area contributed by atoms with Gasteiger partial charge in [-0.15, -0.1) is 0 Å². The number of hydrogen-bond acceptors (Lipinski definition) is 8. The maximum Gasteiger partial charge on any atom is 0.490 e. The van der Waals surface area contributed by atoms with Gasteiger partial charge in [0.1, 0.15) is 0 Å². The maximum absolute atomic E-state index is 11.5. The number of aliphatic hydroxyl groups is 2.